The first-order valence-corrected chi connectivity index (χ1v) is 6.63. The molecule has 0 fully saturated rings. The van der Waals surface area contributed by atoms with Crippen molar-refractivity contribution in [2.24, 2.45) is 0 Å². The molecule has 5 heteroatoms. The van der Waals surface area contributed by atoms with E-state index >= 15 is 0 Å². The molecule has 0 atom stereocenters. The number of carbonyl (C=O) groups excluding carboxylic acids is 1. The number of thiazole rings is 1. The summed E-state index contributed by atoms with van der Waals surface area (Å²) in [5.74, 6) is -0.256. The van der Waals surface area contributed by atoms with Crippen molar-refractivity contribution < 1.29 is 9.18 Å². The van der Waals surface area contributed by atoms with Crippen LogP contribution in [0.25, 0.3) is 11.3 Å². The number of benzene rings is 1. The van der Waals surface area contributed by atoms with E-state index in [1.54, 1.807) is 17.5 Å². The number of Topliss-reactive ketones (excluding diaryl/α,β-unsaturated/α-hetero) is 1. The van der Waals surface area contributed by atoms with E-state index < -0.39 is 0 Å². The molecule has 0 aliphatic rings. The molecule has 0 bridgehead atoms. The van der Waals surface area contributed by atoms with E-state index in [1.165, 1.54) is 24.3 Å². The molecule has 0 unspecified atom stereocenters. The molecule has 2 nitrogen and oxygen atoms in total. The van der Waals surface area contributed by atoms with Crippen molar-refractivity contribution in [2.75, 3.05) is 0 Å². The third kappa shape index (κ3) is 2.98. The smallest absolute Gasteiger partial charge is 0.136 e. The molecule has 0 radical (unpaired) electrons. The fourth-order valence-corrected chi connectivity index (χ4v) is 2.65. The van der Waals surface area contributed by atoms with Crippen LogP contribution in [0, 0.1) is 5.82 Å². The highest BCUT2D eigenvalue weighted by molar-refractivity contribution is 9.10. The summed E-state index contributed by atoms with van der Waals surface area (Å²) in [5, 5.41) is 2.48. The Bertz CT molecular complexity index is 567. The molecule has 0 amide bonds. The van der Waals surface area contributed by atoms with Gasteiger partial charge in [0, 0.05) is 15.4 Å². The van der Waals surface area contributed by atoms with Crippen molar-refractivity contribution >= 4 is 33.0 Å². The molecular formula is C12H9BrFNOS. The predicted molar refractivity (Wildman–Crippen MR) is 69.6 cm³/mol. The summed E-state index contributed by atoms with van der Waals surface area (Å²) in [5.41, 5.74) is 1.02. The van der Waals surface area contributed by atoms with Crippen molar-refractivity contribution in [3.8, 4) is 11.3 Å². The number of hydrogen-bond acceptors (Lipinski definition) is 3. The van der Waals surface area contributed by atoms with Crippen LogP contribution in [-0.4, -0.2) is 10.8 Å². The van der Waals surface area contributed by atoms with Gasteiger partial charge in [-0.3, -0.25) is 4.79 Å². The maximum absolute atomic E-state index is 13.6. The quantitative estimate of drug-likeness (QED) is 0.861. The number of hydrogen-bond donors (Lipinski definition) is 0. The highest BCUT2D eigenvalue weighted by atomic mass is 79.9. The molecule has 1 aromatic heterocycles. The lowest BCUT2D eigenvalue weighted by Gasteiger charge is -1.99. The summed E-state index contributed by atoms with van der Waals surface area (Å²) in [4.78, 5) is 15.2. The highest BCUT2D eigenvalue weighted by Gasteiger charge is 2.10. The van der Waals surface area contributed by atoms with Crippen LogP contribution in [0.3, 0.4) is 0 Å². The second kappa shape index (κ2) is 5.06. The van der Waals surface area contributed by atoms with Crippen molar-refractivity contribution in [1.29, 1.82) is 0 Å². The van der Waals surface area contributed by atoms with Crippen LogP contribution in [-0.2, 0) is 11.2 Å². The molecule has 1 aromatic carbocycles. The Morgan fingerprint density at radius 2 is 2.29 bits per heavy atom. The van der Waals surface area contributed by atoms with Gasteiger partial charge in [0.15, 0.2) is 0 Å². The van der Waals surface area contributed by atoms with Crippen molar-refractivity contribution in [3.05, 3.63) is 38.9 Å². The predicted octanol–water partition coefficient (Wildman–Crippen LogP) is 3.84. The summed E-state index contributed by atoms with van der Waals surface area (Å²) in [6.07, 6.45) is 0.306. The van der Waals surface area contributed by atoms with Gasteiger partial charge in [0.2, 0.25) is 0 Å². The molecule has 88 valence electrons. The van der Waals surface area contributed by atoms with Gasteiger partial charge >= 0.3 is 0 Å². The Balaban J connectivity index is 2.36. The minimum atomic E-state index is -0.312. The standard InChI is InChI=1S/C12H9BrFNOS/c1-7(16)4-12-15-11(6-17-12)9-5-8(13)2-3-10(9)14/h2-3,5-6H,4H2,1H3. The monoisotopic (exact) mass is 313 g/mol. The van der Waals surface area contributed by atoms with Gasteiger partial charge in [-0.25, -0.2) is 9.37 Å². The van der Waals surface area contributed by atoms with Crippen LogP contribution < -0.4 is 0 Å². The van der Waals surface area contributed by atoms with Crippen LogP contribution in [0.2, 0.25) is 0 Å². The lowest BCUT2D eigenvalue weighted by molar-refractivity contribution is -0.116. The van der Waals surface area contributed by atoms with E-state index in [1.807, 2.05) is 0 Å². The number of carbonyl (C=O) groups is 1. The molecule has 2 aromatic rings. The van der Waals surface area contributed by atoms with E-state index in [0.717, 1.165) is 4.47 Å². The van der Waals surface area contributed by atoms with E-state index in [4.69, 9.17) is 0 Å². The topological polar surface area (TPSA) is 30.0 Å². The minimum absolute atomic E-state index is 0.0561. The average Bonchev–Trinajstić information content (AvgIpc) is 2.69. The first-order chi connectivity index (χ1) is 8.06. The molecule has 0 N–H and O–H groups in total. The van der Waals surface area contributed by atoms with Crippen LogP contribution in [0.5, 0.6) is 0 Å². The molecule has 0 spiro atoms. The molecule has 0 aliphatic heterocycles. The molecule has 0 aliphatic carbocycles. The zero-order valence-electron chi connectivity index (χ0n) is 9.04. The zero-order chi connectivity index (χ0) is 12.4. The molecule has 17 heavy (non-hydrogen) atoms. The summed E-state index contributed by atoms with van der Waals surface area (Å²) >= 11 is 4.67. The Labute approximate surface area is 111 Å². The largest absolute Gasteiger partial charge is 0.300 e. The molecule has 1 heterocycles. The second-order valence-corrected chi connectivity index (χ2v) is 5.49. The summed E-state index contributed by atoms with van der Waals surface area (Å²) in [6.45, 7) is 1.51. The summed E-state index contributed by atoms with van der Waals surface area (Å²) in [6, 6.07) is 4.72. The average molecular weight is 314 g/mol. The number of halogens is 2. The Kier molecular flexibility index (Phi) is 3.69. The molecule has 0 saturated carbocycles. The number of ketones is 1. The van der Waals surface area contributed by atoms with Gasteiger partial charge in [-0.05, 0) is 25.1 Å². The van der Waals surface area contributed by atoms with Gasteiger partial charge < -0.3 is 0 Å². The number of rotatable bonds is 3. The Hall–Kier alpha value is -1.07. The minimum Gasteiger partial charge on any atom is -0.300 e. The number of nitrogens with zero attached hydrogens (tertiary/aromatic N) is 1. The second-order valence-electron chi connectivity index (χ2n) is 3.63. The Morgan fingerprint density at radius 1 is 1.53 bits per heavy atom. The zero-order valence-corrected chi connectivity index (χ0v) is 11.4. The van der Waals surface area contributed by atoms with Gasteiger partial charge in [-0.2, -0.15) is 0 Å². The maximum Gasteiger partial charge on any atom is 0.136 e. The highest BCUT2D eigenvalue weighted by Crippen LogP contribution is 2.27. The molecular weight excluding hydrogens is 305 g/mol. The van der Waals surface area contributed by atoms with Crippen molar-refractivity contribution in [3.63, 3.8) is 0 Å². The fourth-order valence-electron chi connectivity index (χ4n) is 1.42. The van der Waals surface area contributed by atoms with Gasteiger partial charge in [0.05, 0.1) is 12.1 Å². The number of aromatic nitrogens is 1. The summed E-state index contributed by atoms with van der Waals surface area (Å²) in [7, 11) is 0. The first kappa shape index (κ1) is 12.4. The van der Waals surface area contributed by atoms with Crippen molar-refractivity contribution in [2.45, 2.75) is 13.3 Å². The maximum atomic E-state index is 13.6. The van der Waals surface area contributed by atoms with Crippen LogP contribution in [0.1, 0.15) is 11.9 Å². The van der Waals surface area contributed by atoms with E-state index in [2.05, 4.69) is 20.9 Å². The van der Waals surface area contributed by atoms with Crippen molar-refractivity contribution in [1.82, 2.24) is 4.98 Å². The first-order valence-electron chi connectivity index (χ1n) is 4.95. The third-order valence-electron chi connectivity index (χ3n) is 2.16. The van der Waals surface area contributed by atoms with E-state index in [9.17, 15) is 9.18 Å². The third-order valence-corrected chi connectivity index (χ3v) is 3.50. The van der Waals surface area contributed by atoms with Crippen LogP contribution in [0.15, 0.2) is 28.1 Å². The van der Waals surface area contributed by atoms with Gasteiger partial charge in [-0.15, -0.1) is 11.3 Å². The van der Waals surface area contributed by atoms with Crippen LogP contribution in [0.4, 0.5) is 4.39 Å². The van der Waals surface area contributed by atoms with Gasteiger partial charge in [0.25, 0.3) is 0 Å². The molecule has 0 saturated heterocycles. The summed E-state index contributed by atoms with van der Waals surface area (Å²) < 4.78 is 14.4. The normalized spacial score (nSPS) is 10.5. The SMILES string of the molecule is CC(=O)Cc1nc(-c2cc(Br)ccc2F)cs1. The lowest BCUT2D eigenvalue weighted by atomic mass is 10.1. The van der Waals surface area contributed by atoms with Crippen LogP contribution >= 0.6 is 27.3 Å². The molecule has 2 rings (SSSR count). The van der Waals surface area contributed by atoms with Gasteiger partial charge in [0.1, 0.15) is 16.6 Å². The Morgan fingerprint density at radius 3 is 3.00 bits per heavy atom. The lowest BCUT2D eigenvalue weighted by Crippen LogP contribution is -1.95. The van der Waals surface area contributed by atoms with E-state index in [0.29, 0.717) is 22.7 Å². The van der Waals surface area contributed by atoms with Gasteiger partial charge in [-0.1, -0.05) is 15.9 Å². The van der Waals surface area contributed by atoms with E-state index in [-0.39, 0.29) is 11.6 Å². The fraction of sp³-hybridized carbons (Fsp3) is 0.167.